The number of hydrogen-bond acceptors (Lipinski definition) is 4. The average molecular weight is 364 g/mol. The molecule has 1 N–H and O–H groups in total. The van der Waals surface area contributed by atoms with E-state index in [9.17, 15) is 8.42 Å². The molecule has 2 aromatic carbocycles. The number of pyridine rings is 1. The highest BCUT2D eigenvalue weighted by molar-refractivity contribution is 7.93. The van der Waals surface area contributed by atoms with Gasteiger partial charge >= 0.3 is 0 Å². The Kier molecular flexibility index (Phi) is 4.14. The minimum Gasteiger partial charge on any atom is -0.280 e. The fourth-order valence-electron chi connectivity index (χ4n) is 2.76. The maximum Gasteiger partial charge on any atom is 0.264 e. The number of anilines is 1. The lowest BCUT2D eigenvalue weighted by atomic mass is 10.2. The van der Waals surface area contributed by atoms with Crippen LogP contribution < -0.4 is 4.72 Å². The lowest BCUT2D eigenvalue weighted by Crippen LogP contribution is -2.13. The van der Waals surface area contributed by atoms with E-state index in [0.717, 1.165) is 10.9 Å². The zero-order valence-corrected chi connectivity index (χ0v) is 14.6. The van der Waals surface area contributed by atoms with Crippen LogP contribution in [0.15, 0.2) is 84.1 Å². The first-order valence-electron chi connectivity index (χ1n) is 8.05. The van der Waals surface area contributed by atoms with Crippen LogP contribution in [0.3, 0.4) is 0 Å². The summed E-state index contributed by atoms with van der Waals surface area (Å²) in [6.45, 7) is 0.632. The van der Waals surface area contributed by atoms with Gasteiger partial charge in [-0.15, -0.1) is 0 Å². The molecule has 0 amide bonds. The molecule has 0 fully saturated rings. The second-order valence-electron chi connectivity index (χ2n) is 5.84. The predicted molar refractivity (Wildman–Crippen MR) is 100 cm³/mol. The SMILES string of the molecule is O=S(=O)(Nc1ccc(Cn2cccn2)cc1)c1cccc2cccnc12. The summed E-state index contributed by atoms with van der Waals surface area (Å²) in [6.07, 6.45) is 5.19. The number of benzene rings is 2. The van der Waals surface area contributed by atoms with E-state index in [-0.39, 0.29) is 4.90 Å². The lowest BCUT2D eigenvalue weighted by molar-refractivity contribution is 0.602. The summed E-state index contributed by atoms with van der Waals surface area (Å²) in [7, 11) is -3.73. The second kappa shape index (κ2) is 6.61. The Bertz CT molecular complexity index is 1130. The number of sulfonamides is 1. The molecule has 2 aromatic heterocycles. The van der Waals surface area contributed by atoms with Crippen LogP contribution in [0.1, 0.15) is 5.56 Å². The topological polar surface area (TPSA) is 76.9 Å². The molecule has 0 aliphatic rings. The van der Waals surface area contributed by atoms with Gasteiger partial charge in [-0.1, -0.05) is 30.3 Å². The molecule has 4 rings (SSSR count). The fraction of sp³-hybridized carbons (Fsp3) is 0.0526. The van der Waals surface area contributed by atoms with Gasteiger partial charge in [-0.3, -0.25) is 14.4 Å². The van der Waals surface area contributed by atoms with E-state index in [2.05, 4.69) is 14.8 Å². The highest BCUT2D eigenvalue weighted by atomic mass is 32.2. The molecular weight excluding hydrogens is 348 g/mol. The normalized spacial score (nSPS) is 11.5. The standard InChI is InChI=1S/C19H16N4O2S/c24-26(25,18-6-1-4-16-5-2-11-20-19(16)18)22-17-9-7-15(8-10-17)14-23-13-3-12-21-23/h1-13,22H,14H2. The van der Waals surface area contributed by atoms with Gasteiger partial charge < -0.3 is 0 Å². The van der Waals surface area contributed by atoms with Crippen molar-refractivity contribution < 1.29 is 8.42 Å². The molecule has 0 saturated heterocycles. The quantitative estimate of drug-likeness (QED) is 0.590. The third kappa shape index (κ3) is 3.29. The van der Waals surface area contributed by atoms with Crippen molar-refractivity contribution >= 4 is 26.6 Å². The molecule has 26 heavy (non-hydrogen) atoms. The Morgan fingerprint density at radius 2 is 1.73 bits per heavy atom. The number of hydrogen-bond donors (Lipinski definition) is 1. The van der Waals surface area contributed by atoms with Gasteiger partial charge in [0, 0.05) is 29.7 Å². The molecule has 4 aromatic rings. The molecule has 0 atom stereocenters. The number of nitrogens with zero attached hydrogens (tertiary/aromatic N) is 3. The summed E-state index contributed by atoms with van der Waals surface area (Å²) in [6, 6.07) is 17.8. The van der Waals surface area contributed by atoms with Gasteiger partial charge in [0.1, 0.15) is 4.90 Å². The van der Waals surface area contributed by atoms with Crippen molar-refractivity contribution in [3.8, 4) is 0 Å². The third-order valence-electron chi connectivity index (χ3n) is 4.00. The number of nitrogens with one attached hydrogen (secondary N) is 1. The molecular formula is C19H16N4O2S. The minimum atomic E-state index is -3.73. The zero-order valence-electron chi connectivity index (χ0n) is 13.8. The molecule has 0 aliphatic heterocycles. The van der Waals surface area contributed by atoms with Crippen molar-refractivity contribution in [3.05, 3.63) is 84.8 Å². The number of fused-ring (bicyclic) bond motifs is 1. The van der Waals surface area contributed by atoms with Crippen LogP contribution in [0.25, 0.3) is 10.9 Å². The van der Waals surface area contributed by atoms with Crippen LogP contribution >= 0.6 is 0 Å². The van der Waals surface area contributed by atoms with E-state index in [1.807, 2.05) is 36.5 Å². The Morgan fingerprint density at radius 3 is 2.50 bits per heavy atom. The Morgan fingerprint density at radius 1 is 0.923 bits per heavy atom. The average Bonchev–Trinajstić information content (AvgIpc) is 3.16. The summed E-state index contributed by atoms with van der Waals surface area (Å²) >= 11 is 0. The highest BCUT2D eigenvalue weighted by Crippen LogP contribution is 2.23. The maximum absolute atomic E-state index is 12.8. The molecule has 2 heterocycles. The summed E-state index contributed by atoms with van der Waals surface area (Å²) in [4.78, 5) is 4.38. The molecule has 130 valence electrons. The van der Waals surface area contributed by atoms with Gasteiger partial charge in [0.05, 0.1) is 12.1 Å². The van der Waals surface area contributed by atoms with Crippen molar-refractivity contribution in [2.75, 3.05) is 4.72 Å². The number of rotatable bonds is 5. The van der Waals surface area contributed by atoms with Crippen LogP contribution in [0.2, 0.25) is 0 Å². The molecule has 0 spiro atoms. The minimum absolute atomic E-state index is 0.163. The number of aromatic nitrogens is 3. The van der Waals surface area contributed by atoms with E-state index in [1.165, 1.54) is 0 Å². The second-order valence-corrected chi connectivity index (χ2v) is 7.49. The van der Waals surface area contributed by atoms with Gasteiger partial charge in [-0.05, 0) is 35.9 Å². The maximum atomic E-state index is 12.8. The molecule has 7 heteroatoms. The van der Waals surface area contributed by atoms with Gasteiger partial charge in [-0.25, -0.2) is 8.42 Å². The van der Waals surface area contributed by atoms with Crippen molar-refractivity contribution in [1.29, 1.82) is 0 Å². The van der Waals surface area contributed by atoms with Crippen LogP contribution in [0.4, 0.5) is 5.69 Å². The highest BCUT2D eigenvalue weighted by Gasteiger charge is 2.18. The molecule has 0 unspecified atom stereocenters. The molecule has 0 saturated carbocycles. The van der Waals surface area contributed by atoms with E-state index in [4.69, 9.17) is 0 Å². The van der Waals surface area contributed by atoms with Crippen LogP contribution in [0, 0.1) is 0 Å². The fourth-order valence-corrected chi connectivity index (χ4v) is 4.00. The summed E-state index contributed by atoms with van der Waals surface area (Å²) in [5.74, 6) is 0. The summed E-state index contributed by atoms with van der Waals surface area (Å²) in [5, 5.41) is 4.94. The van der Waals surface area contributed by atoms with E-state index in [1.54, 1.807) is 47.4 Å². The predicted octanol–water partition coefficient (Wildman–Crippen LogP) is 3.28. The zero-order chi connectivity index (χ0) is 18.0. The first-order chi connectivity index (χ1) is 12.6. The first kappa shape index (κ1) is 16.3. The largest absolute Gasteiger partial charge is 0.280 e. The van der Waals surface area contributed by atoms with Crippen LogP contribution in [0.5, 0.6) is 0 Å². The van der Waals surface area contributed by atoms with Gasteiger partial charge in [0.2, 0.25) is 0 Å². The van der Waals surface area contributed by atoms with Gasteiger partial charge in [0.15, 0.2) is 0 Å². The summed E-state index contributed by atoms with van der Waals surface area (Å²) in [5.41, 5.74) is 1.99. The van der Waals surface area contributed by atoms with Crippen molar-refractivity contribution in [2.45, 2.75) is 11.4 Å². The van der Waals surface area contributed by atoms with Crippen LogP contribution in [-0.4, -0.2) is 23.2 Å². The lowest BCUT2D eigenvalue weighted by Gasteiger charge is -2.10. The third-order valence-corrected chi connectivity index (χ3v) is 5.41. The van der Waals surface area contributed by atoms with Crippen molar-refractivity contribution in [2.24, 2.45) is 0 Å². The van der Waals surface area contributed by atoms with E-state index in [0.29, 0.717) is 17.7 Å². The Balaban J connectivity index is 1.59. The molecule has 0 bridgehead atoms. The Labute approximate surface area is 151 Å². The van der Waals surface area contributed by atoms with Gasteiger partial charge in [-0.2, -0.15) is 5.10 Å². The number of para-hydroxylation sites is 1. The monoisotopic (exact) mass is 364 g/mol. The van der Waals surface area contributed by atoms with Crippen LogP contribution in [-0.2, 0) is 16.6 Å². The Hall–Kier alpha value is -3.19. The smallest absolute Gasteiger partial charge is 0.264 e. The molecule has 0 radical (unpaired) electrons. The van der Waals surface area contributed by atoms with E-state index >= 15 is 0 Å². The van der Waals surface area contributed by atoms with Crippen molar-refractivity contribution in [3.63, 3.8) is 0 Å². The summed E-state index contributed by atoms with van der Waals surface area (Å²) < 4.78 is 30.0. The first-order valence-corrected chi connectivity index (χ1v) is 9.53. The van der Waals surface area contributed by atoms with E-state index < -0.39 is 10.0 Å². The molecule has 0 aliphatic carbocycles. The van der Waals surface area contributed by atoms with Gasteiger partial charge in [0.25, 0.3) is 10.0 Å². The van der Waals surface area contributed by atoms with Crippen molar-refractivity contribution in [1.82, 2.24) is 14.8 Å². The molecule has 6 nitrogen and oxygen atoms in total.